The summed E-state index contributed by atoms with van der Waals surface area (Å²) >= 11 is 0. The van der Waals surface area contributed by atoms with E-state index in [1.54, 1.807) is 0 Å². The van der Waals surface area contributed by atoms with E-state index in [0.717, 1.165) is 25.3 Å². The van der Waals surface area contributed by atoms with E-state index in [0.29, 0.717) is 5.41 Å². The van der Waals surface area contributed by atoms with Crippen molar-refractivity contribution >= 4 is 0 Å². The predicted molar refractivity (Wildman–Crippen MR) is 77.9 cm³/mol. The molecule has 0 bridgehead atoms. The SMILES string of the molecule is CCC(CC)(CN)CCCCOc1ccccc1. The second-order valence-corrected chi connectivity index (χ2v) is 5.03. The molecular formula is C16H27NO. The Bertz CT molecular complexity index is 298. The Labute approximate surface area is 112 Å². The van der Waals surface area contributed by atoms with Gasteiger partial charge in [-0.1, -0.05) is 32.0 Å². The second kappa shape index (κ2) is 8.15. The van der Waals surface area contributed by atoms with Gasteiger partial charge < -0.3 is 10.5 Å². The Kier molecular flexibility index (Phi) is 6.81. The molecule has 0 spiro atoms. The molecule has 0 unspecified atom stereocenters. The molecule has 18 heavy (non-hydrogen) atoms. The molecule has 0 radical (unpaired) electrons. The number of hydrogen-bond donors (Lipinski definition) is 1. The molecule has 1 aromatic carbocycles. The molecule has 0 aliphatic rings. The molecule has 2 N–H and O–H groups in total. The highest BCUT2D eigenvalue weighted by atomic mass is 16.5. The van der Waals surface area contributed by atoms with Crippen molar-refractivity contribution < 1.29 is 4.74 Å². The number of unbranched alkanes of at least 4 members (excludes halogenated alkanes) is 1. The maximum atomic E-state index is 5.90. The zero-order valence-corrected chi connectivity index (χ0v) is 11.8. The van der Waals surface area contributed by atoms with Crippen LogP contribution in [0.4, 0.5) is 0 Å². The van der Waals surface area contributed by atoms with E-state index < -0.39 is 0 Å². The van der Waals surface area contributed by atoms with Gasteiger partial charge in [0.15, 0.2) is 0 Å². The Morgan fingerprint density at radius 3 is 2.28 bits per heavy atom. The molecule has 0 fully saturated rings. The highest BCUT2D eigenvalue weighted by molar-refractivity contribution is 5.20. The first-order valence-corrected chi connectivity index (χ1v) is 7.14. The summed E-state index contributed by atoms with van der Waals surface area (Å²) < 4.78 is 5.69. The summed E-state index contributed by atoms with van der Waals surface area (Å²) in [4.78, 5) is 0. The lowest BCUT2D eigenvalue weighted by molar-refractivity contribution is 0.228. The Morgan fingerprint density at radius 1 is 1.06 bits per heavy atom. The summed E-state index contributed by atoms with van der Waals surface area (Å²) in [5.41, 5.74) is 6.26. The summed E-state index contributed by atoms with van der Waals surface area (Å²) in [5.74, 6) is 0.966. The topological polar surface area (TPSA) is 35.2 Å². The average molecular weight is 249 g/mol. The molecule has 2 heteroatoms. The Balaban J connectivity index is 2.18. The predicted octanol–water partition coefficient (Wildman–Crippen LogP) is 4.00. The molecule has 0 aliphatic heterocycles. The van der Waals surface area contributed by atoms with Gasteiger partial charge in [0, 0.05) is 0 Å². The largest absolute Gasteiger partial charge is 0.494 e. The van der Waals surface area contributed by atoms with Crippen LogP contribution in [0.1, 0.15) is 46.0 Å². The van der Waals surface area contributed by atoms with Gasteiger partial charge in [0.25, 0.3) is 0 Å². The molecule has 1 rings (SSSR count). The smallest absolute Gasteiger partial charge is 0.119 e. The number of para-hydroxylation sites is 1. The van der Waals surface area contributed by atoms with Crippen LogP contribution in [0.5, 0.6) is 5.75 Å². The van der Waals surface area contributed by atoms with Crippen LogP contribution in [0.25, 0.3) is 0 Å². The average Bonchev–Trinajstić information content (AvgIpc) is 2.45. The lowest BCUT2D eigenvalue weighted by Crippen LogP contribution is -2.29. The molecule has 0 atom stereocenters. The van der Waals surface area contributed by atoms with Gasteiger partial charge in [-0.2, -0.15) is 0 Å². The Hall–Kier alpha value is -1.02. The van der Waals surface area contributed by atoms with Crippen LogP contribution < -0.4 is 10.5 Å². The van der Waals surface area contributed by atoms with Crippen molar-refractivity contribution in [3.8, 4) is 5.75 Å². The van der Waals surface area contributed by atoms with Gasteiger partial charge in [-0.25, -0.2) is 0 Å². The summed E-state index contributed by atoms with van der Waals surface area (Å²) in [7, 11) is 0. The fraction of sp³-hybridized carbons (Fsp3) is 0.625. The molecule has 0 saturated carbocycles. The lowest BCUT2D eigenvalue weighted by Gasteiger charge is -2.30. The van der Waals surface area contributed by atoms with Crippen molar-refractivity contribution in [1.82, 2.24) is 0 Å². The van der Waals surface area contributed by atoms with Crippen molar-refractivity contribution in [3.63, 3.8) is 0 Å². The number of benzene rings is 1. The van der Waals surface area contributed by atoms with Gasteiger partial charge >= 0.3 is 0 Å². The molecule has 102 valence electrons. The third-order valence-corrected chi connectivity index (χ3v) is 4.05. The fourth-order valence-corrected chi connectivity index (χ4v) is 2.30. The van der Waals surface area contributed by atoms with E-state index in [-0.39, 0.29) is 0 Å². The summed E-state index contributed by atoms with van der Waals surface area (Å²) in [5, 5.41) is 0. The van der Waals surface area contributed by atoms with Crippen LogP contribution in [0.2, 0.25) is 0 Å². The minimum absolute atomic E-state index is 0.354. The summed E-state index contributed by atoms with van der Waals surface area (Å²) in [6.45, 7) is 6.10. The lowest BCUT2D eigenvalue weighted by atomic mass is 9.78. The van der Waals surface area contributed by atoms with E-state index in [1.165, 1.54) is 25.7 Å². The van der Waals surface area contributed by atoms with E-state index in [2.05, 4.69) is 13.8 Å². The van der Waals surface area contributed by atoms with Gasteiger partial charge in [-0.3, -0.25) is 0 Å². The van der Waals surface area contributed by atoms with Crippen molar-refractivity contribution in [3.05, 3.63) is 30.3 Å². The monoisotopic (exact) mass is 249 g/mol. The van der Waals surface area contributed by atoms with E-state index in [1.807, 2.05) is 30.3 Å². The fourth-order valence-electron chi connectivity index (χ4n) is 2.30. The van der Waals surface area contributed by atoms with Crippen molar-refractivity contribution in [2.75, 3.05) is 13.2 Å². The molecule has 0 heterocycles. The highest BCUT2D eigenvalue weighted by Crippen LogP contribution is 2.31. The van der Waals surface area contributed by atoms with Crippen LogP contribution in [-0.2, 0) is 0 Å². The second-order valence-electron chi connectivity index (χ2n) is 5.03. The normalized spacial score (nSPS) is 11.5. The summed E-state index contributed by atoms with van der Waals surface area (Å²) in [6, 6.07) is 10.0. The molecule has 0 amide bonds. The maximum Gasteiger partial charge on any atom is 0.119 e. The Morgan fingerprint density at radius 2 is 1.72 bits per heavy atom. The number of nitrogens with two attached hydrogens (primary N) is 1. The number of ether oxygens (including phenoxy) is 1. The van der Waals surface area contributed by atoms with Crippen LogP contribution in [0.15, 0.2) is 30.3 Å². The van der Waals surface area contributed by atoms with Crippen molar-refractivity contribution in [1.29, 1.82) is 0 Å². The third-order valence-electron chi connectivity index (χ3n) is 4.05. The molecule has 1 aromatic rings. The first-order valence-electron chi connectivity index (χ1n) is 7.14. The van der Waals surface area contributed by atoms with Crippen LogP contribution >= 0.6 is 0 Å². The van der Waals surface area contributed by atoms with Crippen LogP contribution in [0.3, 0.4) is 0 Å². The minimum Gasteiger partial charge on any atom is -0.494 e. The molecule has 0 aliphatic carbocycles. The highest BCUT2D eigenvalue weighted by Gasteiger charge is 2.23. The van der Waals surface area contributed by atoms with Gasteiger partial charge in [0.05, 0.1) is 6.61 Å². The van der Waals surface area contributed by atoms with Gasteiger partial charge in [0.1, 0.15) is 5.75 Å². The van der Waals surface area contributed by atoms with Crippen LogP contribution in [0, 0.1) is 5.41 Å². The zero-order chi connectivity index (χ0) is 13.3. The summed E-state index contributed by atoms with van der Waals surface area (Å²) in [6.07, 6.45) is 5.89. The third kappa shape index (κ3) is 4.69. The van der Waals surface area contributed by atoms with Gasteiger partial charge in [-0.15, -0.1) is 0 Å². The zero-order valence-electron chi connectivity index (χ0n) is 11.8. The molecule has 0 aromatic heterocycles. The maximum absolute atomic E-state index is 5.90. The van der Waals surface area contributed by atoms with Crippen molar-refractivity contribution in [2.45, 2.75) is 46.0 Å². The minimum atomic E-state index is 0.354. The number of hydrogen-bond acceptors (Lipinski definition) is 2. The molecule has 2 nitrogen and oxygen atoms in total. The molecule has 0 saturated heterocycles. The quantitative estimate of drug-likeness (QED) is 0.671. The molecular weight excluding hydrogens is 222 g/mol. The van der Waals surface area contributed by atoms with E-state index >= 15 is 0 Å². The first kappa shape index (κ1) is 15.0. The standard InChI is InChI=1S/C16H27NO/c1-3-16(4-2,14-17)12-8-9-13-18-15-10-6-5-7-11-15/h5-7,10-11H,3-4,8-9,12-14,17H2,1-2H3. The first-order chi connectivity index (χ1) is 8.76. The van der Waals surface area contributed by atoms with Crippen LogP contribution in [-0.4, -0.2) is 13.2 Å². The van der Waals surface area contributed by atoms with Gasteiger partial charge in [0.2, 0.25) is 0 Å². The van der Waals surface area contributed by atoms with E-state index in [9.17, 15) is 0 Å². The van der Waals surface area contributed by atoms with E-state index in [4.69, 9.17) is 10.5 Å². The van der Waals surface area contributed by atoms with Gasteiger partial charge in [-0.05, 0) is 56.2 Å². The number of rotatable bonds is 9. The van der Waals surface area contributed by atoms with Crippen molar-refractivity contribution in [2.24, 2.45) is 11.1 Å².